The van der Waals surface area contributed by atoms with E-state index in [4.69, 9.17) is 0 Å². The maximum absolute atomic E-state index is 14.0. The standard InChI is InChI=1S/C16H15F2N/c17-13-7-5-12(6-8-13)9-16(10-19-11-16)14-3-1-2-4-15(14)18/h1-8,19H,9-11H2. The lowest BCUT2D eigenvalue weighted by molar-refractivity contribution is 0.266. The van der Waals surface area contributed by atoms with Crippen LogP contribution in [-0.4, -0.2) is 13.1 Å². The highest BCUT2D eigenvalue weighted by Crippen LogP contribution is 2.34. The van der Waals surface area contributed by atoms with E-state index < -0.39 is 0 Å². The van der Waals surface area contributed by atoms with Crippen molar-refractivity contribution in [1.82, 2.24) is 5.32 Å². The molecule has 1 aliphatic heterocycles. The van der Waals surface area contributed by atoms with Gasteiger partial charge in [0, 0.05) is 18.5 Å². The Kier molecular flexibility index (Phi) is 3.07. The van der Waals surface area contributed by atoms with E-state index >= 15 is 0 Å². The molecule has 0 aromatic heterocycles. The Hall–Kier alpha value is -1.74. The van der Waals surface area contributed by atoms with Crippen LogP contribution in [-0.2, 0) is 11.8 Å². The zero-order chi connectivity index (χ0) is 13.3. The monoisotopic (exact) mass is 259 g/mol. The number of halogens is 2. The number of benzene rings is 2. The minimum Gasteiger partial charge on any atom is -0.315 e. The molecule has 3 rings (SSSR count). The van der Waals surface area contributed by atoms with Gasteiger partial charge in [-0.3, -0.25) is 0 Å². The van der Waals surface area contributed by atoms with Crippen LogP contribution in [0.15, 0.2) is 48.5 Å². The second-order valence-corrected chi connectivity index (χ2v) is 5.17. The summed E-state index contributed by atoms with van der Waals surface area (Å²) in [6.07, 6.45) is 0.723. The maximum atomic E-state index is 14.0. The van der Waals surface area contributed by atoms with Gasteiger partial charge >= 0.3 is 0 Å². The smallest absolute Gasteiger partial charge is 0.127 e. The van der Waals surface area contributed by atoms with Gasteiger partial charge in [-0.05, 0) is 35.7 Å². The summed E-state index contributed by atoms with van der Waals surface area (Å²) in [6.45, 7) is 1.51. The van der Waals surface area contributed by atoms with Crippen LogP contribution in [0.5, 0.6) is 0 Å². The molecule has 0 aliphatic carbocycles. The minimum atomic E-state index is -0.240. The van der Waals surface area contributed by atoms with E-state index in [1.807, 2.05) is 12.1 Å². The summed E-state index contributed by atoms with van der Waals surface area (Å²) >= 11 is 0. The molecule has 2 aromatic rings. The van der Waals surface area contributed by atoms with Crippen molar-refractivity contribution in [3.63, 3.8) is 0 Å². The van der Waals surface area contributed by atoms with Crippen LogP contribution < -0.4 is 5.32 Å². The van der Waals surface area contributed by atoms with Crippen LogP contribution in [0, 0.1) is 11.6 Å². The zero-order valence-electron chi connectivity index (χ0n) is 10.5. The first-order valence-corrected chi connectivity index (χ1v) is 6.40. The van der Waals surface area contributed by atoms with Crippen LogP contribution >= 0.6 is 0 Å². The summed E-state index contributed by atoms with van der Waals surface area (Å²) in [7, 11) is 0. The van der Waals surface area contributed by atoms with Crippen molar-refractivity contribution >= 4 is 0 Å². The van der Waals surface area contributed by atoms with Crippen molar-refractivity contribution in [3.05, 3.63) is 71.3 Å². The average Bonchev–Trinajstić information content (AvgIpc) is 2.37. The van der Waals surface area contributed by atoms with Crippen molar-refractivity contribution in [3.8, 4) is 0 Å². The van der Waals surface area contributed by atoms with E-state index in [1.165, 1.54) is 18.2 Å². The highest BCUT2D eigenvalue weighted by atomic mass is 19.1. The van der Waals surface area contributed by atoms with Crippen molar-refractivity contribution in [2.24, 2.45) is 0 Å². The van der Waals surface area contributed by atoms with Crippen LogP contribution in [0.1, 0.15) is 11.1 Å². The number of nitrogens with one attached hydrogen (secondary N) is 1. The summed E-state index contributed by atoms with van der Waals surface area (Å²) in [5.41, 5.74) is 1.58. The molecular formula is C16H15F2N. The molecule has 1 N–H and O–H groups in total. The Morgan fingerprint density at radius 3 is 2.21 bits per heavy atom. The first kappa shape index (κ1) is 12.3. The van der Waals surface area contributed by atoms with E-state index in [-0.39, 0.29) is 17.0 Å². The molecule has 98 valence electrons. The van der Waals surface area contributed by atoms with E-state index in [1.54, 1.807) is 18.2 Å². The van der Waals surface area contributed by atoms with Gasteiger partial charge in [-0.1, -0.05) is 30.3 Å². The molecule has 1 saturated heterocycles. The molecule has 2 aromatic carbocycles. The van der Waals surface area contributed by atoms with E-state index in [9.17, 15) is 8.78 Å². The van der Waals surface area contributed by atoms with Gasteiger partial charge in [-0.15, -0.1) is 0 Å². The molecule has 0 bridgehead atoms. The first-order chi connectivity index (χ1) is 9.20. The number of rotatable bonds is 3. The van der Waals surface area contributed by atoms with E-state index in [2.05, 4.69) is 5.32 Å². The second kappa shape index (κ2) is 4.74. The van der Waals surface area contributed by atoms with Gasteiger partial charge in [0.25, 0.3) is 0 Å². The van der Waals surface area contributed by atoms with Crippen molar-refractivity contribution in [2.75, 3.05) is 13.1 Å². The molecule has 0 spiro atoms. The molecule has 1 heterocycles. The summed E-state index contributed by atoms with van der Waals surface area (Å²) in [5.74, 6) is -0.401. The van der Waals surface area contributed by atoms with Gasteiger partial charge in [0.2, 0.25) is 0 Å². The molecular weight excluding hydrogens is 244 g/mol. The Morgan fingerprint density at radius 1 is 0.947 bits per heavy atom. The third-order valence-electron chi connectivity index (χ3n) is 3.83. The molecule has 0 atom stereocenters. The summed E-state index contributed by atoms with van der Waals surface area (Å²) < 4.78 is 26.9. The summed E-state index contributed by atoms with van der Waals surface area (Å²) in [4.78, 5) is 0. The molecule has 0 saturated carbocycles. The number of hydrogen-bond acceptors (Lipinski definition) is 1. The lowest BCUT2D eigenvalue weighted by Gasteiger charge is -2.43. The van der Waals surface area contributed by atoms with Crippen LogP contribution in [0.2, 0.25) is 0 Å². The normalized spacial score (nSPS) is 16.9. The van der Waals surface area contributed by atoms with Crippen molar-refractivity contribution in [1.29, 1.82) is 0 Å². The highest BCUT2D eigenvalue weighted by Gasteiger charge is 2.40. The number of hydrogen-bond donors (Lipinski definition) is 1. The molecule has 0 amide bonds. The van der Waals surface area contributed by atoms with Crippen LogP contribution in [0.25, 0.3) is 0 Å². The molecule has 19 heavy (non-hydrogen) atoms. The summed E-state index contributed by atoms with van der Waals surface area (Å²) in [6, 6.07) is 13.4. The largest absolute Gasteiger partial charge is 0.315 e. The lowest BCUT2D eigenvalue weighted by Crippen LogP contribution is -2.58. The molecule has 1 nitrogen and oxygen atoms in total. The molecule has 3 heteroatoms. The van der Waals surface area contributed by atoms with E-state index in [0.717, 1.165) is 30.6 Å². The van der Waals surface area contributed by atoms with Gasteiger partial charge in [-0.25, -0.2) is 8.78 Å². The fourth-order valence-electron chi connectivity index (χ4n) is 2.72. The Balaban J connectivity index is 1.92. The molecule has 0 unspecified atom stereocenters. The van der Waals surface area contributed by atoms with Crippen molar-refractivity contribution < 1.29 is 8.78 Å². The highest BCUT2D eigenvalue weighted by molar-refractivity contribution is 5.34. The fraction of sp³-hybridized carbons (Fsp3) is 0.250. The molecule has 1 fully saturated rings. The molecule has 1 aliphatic rings. The minimum absolute atomic E-state index is 0.161. The lowest BCUT2D eigenvalue weighted by atomic mass is 9.71. The van der Waals surface area contributed by atoms with Gasteiger partial charge in [0.15, 0.2) is 0 Å². The van der Waals surface area contributed by atoms with Gasteiger partial charge in [0.05, 0.1) is 0 Å². The second-order valence-electron chi connectivity index (χ2n) is 5.17. The Labute approximate surface area is 111 Å². The average molecular weight is 259 g/mol. The van der Waals surface area contributed by atoms with E-state index in [0.29, 0.717) is 0 Å². The maximum Gasteiger partial charge on any atom is 0.127 e. The third-order valence-corrected chi connectivity index (χ3v) is 3.83. The Bertz CT molecular complexity index is 574. The van der Waals surface area contributed by atoms with Crippen molar-refractivity contribution in [2.45, 2.75) is 11.8 Å². The topological polar surface area (TPSA) is 12.0 Å². The van der Waals surface area contributed by atoms with Gasteiger partial charge in [-0.2, -0.15) is 0 Å². The quantitative estimate of drug-likeness (QED) is 0.893. The summed E-state index contributed by atoms with van der Waals surface area (Å²) in [5, 5.41) is 3.22. The third kappa shape index (κ3) is 2.26. The predicted octanol–water partition coefficient (Wildman–Crippen LogP) is 3.05. The van der Waals surface area contributed by atoms with Crippen LogP contribution in [0.3, 0.4) is 0 Å². The zero-order valence-corrected chi connectivity index (χ0v) is 10.5. The SMILES string of the molecule is Fc1ccc(CC2(c3ccccc3F)CNC2)cc1. The van der Waals surface area contributed by atoms with Crippen LogP contribution in [0.4, 0.5) is 8.78 Å². The predicted molar refractivity (Wildman–Crippen MR) is 71.1 cm³/mol. The molecule has 0 radical (unpaired) electrons. The fourth-order valence-corrected chi connectivity index (χ4v) is 2.72. The Morgan fingerprint density at radius 2 is 1.63 bits per heavy atom. The van der Waals surface area contributed by atoms with Gasteiger partial charge < -0.3 is 5.32 Å². The first-order valence-electron chi connectivity index (χ1n) is 6.40. The van der Waals surface area contributed by atoms with Gasteiger partial charge in [0.1, 0.15) is 11.6 Å².